The van der Waals surface area contributed by atoms with E-state index in [1.54, 1.807) is 11.3 Å². The zero-order valence-electron chi connectivity index (χ0n) is 12.7. The summed E-state index contributed by atoms with van der Waals surface area (Å²) in [6.07, 6.45) is 1.91. The lowest BCUT2D eigenvalue weighted by Gasteiger charge is -2.14. The minimum Gasteiger partial charge on any atom is -0.370 e. The van der Waals surface area contributed by atoms with Crippen molar-refractivity contribution in [2.45, 2.75) is 40.2 Å². The van der Waals surface area contributed by atoms with Gasteiger partial charge in [-0.1, -0.05) is 13.8 Å². The molecule has 2 aromatic rings. The molecule has 0 aliphatic carbocycles. The molecule has 0 bridgehead atoms. The van der Waals surface area contributed by atoms with Crippen molar-refractivity contribution in [2.75, 3.05) is 17.2 Å². The van der Waals surface area contributed by atoms with E-state index < -0.39 is 0 Å². The number of thiophene rings is 1. The van der Waals surface area contributed by atoms with Gasteiger partial charge in [-0.25, -0.2) is 9.97 Å². The molecule has 0 saturated heterocycles. The number of nitrogens with zero attached hydrogens (tertiary/aromatic N) is 2. The second-order valence-corrected chi connectivity index (χ2v) is 6.74. The van der Waals surface area contributed by atoms with Gasteiger partial charge in [0.15, 0.2) is 0 Å². The van der Waals surface area contributed by atoms with Crippen molar-refractivity contribution in [3.8, 4) is 0 Å². The lowest BCUT2D eigenvalue weighted by atomic mass is 10.2. The summed E-state index contributed by atoms with van der Waals surface area (Å²) in [5.74, 6) is 2.73. The van der Waals surface area contributed by atoms with Gasteiger partial charge in [0.1, 0.15) is 17.5 Å². The van der Waals surface area contributed by atoms with Crippen LogP contribution in [0.5, 0.6) is 0 Å². The highest BCUT2D eigenvalue weighted by atomic mass is 79.9. The third-order valence-corrected chi connectivity index (χ3v) is 4.80. The molecule has 114 valence electrons. The zero-order valence-corrected chi connectivity index (χ0v) is 15.1. The van der Waals surface area contributed by atoms with Gasteiger partial charge < -0.3 is 10.6 Å². The van der Waals surface area contributed by atoms with Gasteiger partial charge in [-0.3, -0.25) is 0 Å². The van der Waals surface area contributed by atoms with Gasteiger partial charge in [0, 0.05) is 33.3 Å². The molecule has 0 unspecified atom stereocenters. The SMILES string of the molecule is CCCNc1nc(CC)nc(NCc2cc(Br)cs2)c1C. The first kappa shape index (κ1) is 16.2. The Labute approximate surface area is 138 Å². The standard InChI is InChI=1S/C15H21BrN4S/c1-4-6-17-14-10(3)15(20-13(5-2)19-14)18-8-12-7-11(16)9-21-12/h7,9H,4-6,8H2,1-3H3,(H2,17,18,19,20). The average Bonchev–Trinajstić information content (AvgIpc) is 2.90. The van der Waals surface area contributed by atoms with Gasteiger partial charge in [-0.15, -0.1) is 11.3 Å². The largest absolute Gasteiger partial charge is 0.370 e. The number of aryl methyl sites for hydroxylation is 1. The Hall–Kier alpha value is -1.14. The maximum atomic E-state index is 4.61. The van der Waals surface area contributed by atoms with Crippen LogP contribution in [-0.2, 0) is 13.0 Å². The van der Waals surface area contributed by atoms with Crippen molar-refractivity contribution in [3.63, 3.8) is 0 Å². The molecule has 2 rings (SSSR count). The number of hydrogen-bond acceptors (Lipinski definition) is 5. The van der Waals surface area contributed by atoms with E-state index in [1.807, 2.05) is 0 Å². The Morgan fingerprint density at radius 3 is 2.48 bits per heavy atom. The zero-order chi connectivity index (χ0) is 15.2. The summed E-state index contributed by atoms with van der Waals surface area (Å²) in [5, 5.41) is 8.91. The average molecular weight is 369 g/mol. The number of rotatable bonds is 7. The number of hydrogen-bond donors (Lipinski definition) is 2. The van der Waals surface area contributed by atoms with Crippen LogP contribution in [0.3, 0.4) is 0 Å². The molecule has 0 saturated carbocycles. The van der Waals surface area contributed by atoms with Gasteiger partial charge in [-0.05, 0) is 35.3 Å². The molecule has 0 amide bonds. The van der Waals surface area contributed by atoms with Crippen LogP contribution in [0, 0.1) is 6.92 Å². The normalized spacial score (nSPS) is 10.7. The van der Waals surface area contributed by atoms with Crippen molar-refractivity contribution in [1.29, 1.82) is 0 Å². The summed E-state index contributed by atoms with van der Waals surface area (Å²) in [6.45, 7) is 8.00. The van der Waals surface area contributed by atoms with E-state index in [4.69, 9.17) is 0 Å². The highest BCUT2D eigenvalue weighted by Gasteiger charge is 2.10. The Balaban J connectivity index is 2.16. The molecule has 0 atom stereocenters. The van der Waals surface area contributed by atoms with Gasteiger partial charge in [0.2, 0.25) is 0 Å². The Morgan fingerprint density at radius 1 is 1.19 bits per heavy atom. The topological polar surface area (TPSA) is 49.8 Å². The molecule has 4 nitrogen and oxygen atoms in total. The molecule has 6 heteroatoms. The number of aromatic nitrogens is 2. The minimum absolute atomic E-state index is 0.782. The van der Waals surface area contributed by atoms with E-state index >= 15 is 0 Å². The molecular weight excluding hydrogens is 348 g/mol. The highest BCUT2D eigenvalue weighted by Crippen LogP contribution is 2.23. The lowest BCUT2D eigenvalue weighted by molar-refractivity contribution is 0.904. The van der Waals surface area contributed by atoms with E-state index in [0.717, 1.165) is 53.4 Å². The molecular formula is C15H21BrN4S. The van der Waals surface area contributed by atoms with Crippen LogP contribution in [0.1, 0.15) is 36.5 Å². The third-order valence-electron chi connectivity index (χ3n) is 3.10. The fourth-order valence-corrected chi connectivity index (χ4v) is 3.32. The van der Waals surface area contributed by atoms with Crippen molar-refractivity contribution >= 4 is 38.9 Å². The Bertz CT molecular complexity index is 597. The summed E-state index contributed by atoms with van der Waals surface area (Å²) in [6, 6.07) is 2.13. The summed E-state index contributed by atoms with van der Waals surface area (Å²) in [7, 11) is 0. The van der Waals surface area contributed by atoms with Crippen LogP contribution in [0.4, 0.5) is 11.6 Å². The third kappa shape index (κ3) is 4.41. The van der Waals surface area contributed by atoms with E-state index in [2.05, 4.69) is 68.7 Å². The number of halogens is 1. The second kappa shape index (κ2) is 7.75. The van der Waals surface area contributed by atoms with Gasteiger partial charge in [0.25, 0.3) is 0 Å². The molecule has 2 aromatic heterocycles. The predicted molar refractivity (Wildman–Crippen MR) is 94.3 cm³/mol. The predicted octanol–water partition coefficient (Wildman–Crippen LogP) is 4.61. The van der Waals surface area contributed by atoms with E-state index in [9.17, 15) is 0 Å². The second-order valence-electron chi connectivity index (χ2n) is 4.83. The molecule has 0 aliphatic heterocycles. The summed E-state index contributed by atoms with van der Waals surface area (Å²) in [5.41, 5.74) is 1.08. The maximum Gasteiger partial charge on any atom is 0.135 e. The Morgan fingerprint density at radius 2 is 1.90 bits per heavy atom. The quantitative estimate of drug-likeness (QED) is 0.749. The molecule has 0 radical (unpaired) electrons. The molecule has 0 aromatic carbocycles. The summed E-state index contributed by atoms with van der Waals surface area (Å²) < 4.78 is 1.13. The van der Waals surface area contributed by atoms with Gasteiger partial charge in [0.05, 0.1) is 6.54 Å². The molecule has 2 heterocycles. The van der Waals surface area contributed by atoms with Crippen LogP contribution in [0.15, 0.2) is 15.9 Å². The van der Waals surface area contributed by atoms with E-state index in [-0.39, 0.29) is 0 Å². The number of nitrogens with one attached hydrogen (secondary N) is 2. The highest BCUT2D eigenvalue weighted by molar-refractivity contribution is 9.10. The van der Waals surface area contributed by atoms with Crippen LogP contribution in [-0.4, -0.2) is 16.5 Å². The van der Waals surface area contributed by atoms with E-state index in [1.165, 1.54) is 4.88 Å². The molecule has 2 N–H and O–H groups in total. The van der Waals surface area contributed by atoms with Crippen molar-refractivity contribution < 1.29 is 0 Å². The van der Waals surface area contributed by atoms with Crippen LogP contribution in [0.2, 0.25) is 0 Å². The van der Waals surface area contributed by atoms with Gasteiger partial charge in [-0.2, -0.15) is 0 Å². The van der Waals surface area contributed by atoms with Crippen molar-refractivity contribution in [2.24, 2.45) is 0 Å². The molecule has 0 spiro atoms. The summed E-state index contributed by atoms with van der Waals surface area (Å²) >= 11 is 5.22. The molecule has 21 heavy (non-hydrogen) atoms. The Kier molecular flexibility index (Phi) is 5.99. The number of anilines is 2. The first-order valence-corrected chi connectivity index (χ1v) is 8.89. The first-order valence-electron chi connectivity index (χ1n) is 7.22. The molecule has 0 fully saturated rings. The fraction of sp³-hybridized carbons (Fsp3) is 0.467. The smallest absolute Gasteiger partial charge is 0.135 e. The van der Waals surface area contributed by atoms with Crippen LogP contribution >= 0.6 is 27.3 Å². The fourth-order valence-electron chi connectivity index (χ4n) is 1.93. The van der Waals surface area contributed by atoms with Gasteiger partial charge >= 0.3 is 0 Å². The summed E-state index contributed by atoms with van der Waals surface area (Å²) in [4.78, 5) is 10.5. The van der Waals surface area contributed by atoms with E-state index in [0.29, 0.717) is 0 Å². The monoisotopic (exact) mass is 368 g/mol. The lowest BCUT2D eigenvalue weighted by Crippen LogP contribution is -2.11. The maximum absolute atomic E-state index is 4.61. The minimum atomic E-state index is 0.782. The van der Waals surface area contributed by atoms with Crippen LogP contribution < -0.4 is 10.6 Å². The van der Waals surface area contributed by atoms with Crippen molar-refractivity contribution in [3.05, 3.63) is 32.2 Å². The first-order chi connectivity index (χ1) is 10.1. The van der Waals surface area contributed by atoms with Crippen LogP contribution in [0.25, 0.3) is 0 Å². The van der Waals surface area contributed by atoms with Crippen molar-refractivity contribution in [1.82, 2.24) is 9.97 Å². The molecule has 0 aliphatic rings.